The molecular formula is C27H28N2O7S. The Bertz CT molecular complexity index is 1550. The summed E-state index contributed by atoms with van der Waals surface area (Å²) in [6.07, 6.45) is 1.71. The standard InChI is InChI=1S/C27H28N2O7S/c1-6-35-20-12-16(8-10-18(20)30)13-22-25(31)29-24(17-9-11-19(33-4)21(14-17)34-5)23(26(32)36-7-2)15(3)28-27(29)37-22/h8-14,24,30H,6-7H2,1-5H3/t24-/m0/s1. The molecule has 4 rings (SSSR count). The molecule has 1 aromatic heterocycles. The van der Waals surface area contributed by atoms with Crippen molar-refractivity contribution in [1.29, 1.82) is 0 Å². The zero-order chi connectivity index (χ0) is 26.7. The lowest BCUT2D eigenvalue weighted by Crippen LogP contribution is -2.39. The number of nitrogens with zero attached hydrogens (tertiary/aromatic N) is 2. The van der Waals surface area contributed by atoms with Crippen molar-refractivity contribution in [2.24, 2.45) is 4.99 Å². The van der Waals surface area contributed by atoms with E-state index in [1.54, 1.807) is 50.3 Å². The summed E-state index contributed by atoms with van der Waals surface area (Å²) in [5.41, 5.74) is 1.75. The number of methoxy groups -OCH3 is 2. The number of phenolic OH excluding ortho intramolecular Hbond substituents is 1. The summed E-state index contributed by atoms with van der Waals surface area (Å²) in [4.78, 5) is 31.9. The summed E-state index contributed by atoms with van der Waals surface area (Å²) >= 11 is 1.21. The van der Waals surface area contributed by atoms with Crippen LogP contribution in [0.25, 0.3) is 6.08 Å². The second kappa shape index (κ2) is 10.9. The smallest absolute Gasteiger partial charge is 0.338 e. The quantitative estimate of drug-likeness (QED) is 0.452. The molecule has 2 heterocycles. The lowest BCUT2D eigenvalue weighted by Gasteiger charge is -2.25. The molecule has 37 heavy (non-hydrogen) atoms. The Balaban J connectivity index is 1.94. The molecule has 0 bridgehead atoms. The van der Waals surface area contributed by atoms with Crippen molar-refractivity contribution in [2.45, 2.75) is 26.8 Å². The van der Waals surface area contributed by atoms with Crippen LogP contribution in [0.4, 0.5) is 0 Å². The van der Waals surface area contributed by atoms with Crippen LogP contribution in [-0.4, -0.2) is 43.1 Å². The second-order valence-electron chi connectivity index (χ2n) is 8.08. The number of carbonyl (C=O) groups is 1. The highest BCUT2D eigenvalue weighted by molar-refractivity contribution is 7.07. The third-order valence-electron chi connectivity index (χ3n) is 5.82. The first-order valence-electron chi connectivity index (χ1n) is 11.7. The minimum atomic E-state index is -0.781. The molecule has 1 aliphatic rings. The Morgan fingerprint density at radius 1 is 1.08 bits per heavy atom. The van der Waals surface area contributed by atoms with Crippen LogP contribution in [0, 0.1) is 0 Å². The van der Waals surface area contributed by atoms with Gasteiger partial charge in [0.15, 0.2) is 27.8 Å². The fourth-order valence-corrected chi connectivity index (χ4v) is 5.22. The summed E-state index contributed by atoms with van der Waals surface area (Å²) in [5, 5.41) is 10.0. The lowest BCUT2D eigenvalue weighted by atomic mass is 9.95. The van der Waals surface area contributed by atoms with Gasteiger partial charge in [-0.1, -0.05) is 23.5 Å². The molecule has 1 atom stereocenters. The van der Waals surface area contributed by atoms with Gasteiger partial charge in [0.05, 0.1) is 49.3 Å². The monoisotopic (exact) mass is 524 g/mol. The fraction of sp³-hybridized carbons (Fsp3) is 0.296. The maximum atomic E-state index is 13.8. The normalized spacial score (nSPS) is 15.2. The maximum absolute atomic E-state index is 13.8. The average molecular weight is 525 g/mol. The number of thiazole rings is 1. The van der Waals surface area contributed by atoms with E-state index in [0.29, 0.717) is 50.0 Å². The van der Waals surface area contributed by atoms with Gasteiger partial charge < -0.3 is 24.1 Å². The number of hydrogen-bond donors (Lipinski definition) is 1. The summed E-state index contributed by atoms with van der Waals surface area (Å²) in [6, 6.07) is 9.35. The summed E-state index contributed by atoms with van der Waals surface area (Å²) < 4.78 is 23.6. The van der Waals surface area contributed by atoms with Crippen LogP contribution in [0.1, 0.15) is 37.9 Å². The number of aromatic nitrogens is 1. The topological polar surface area (TPSA) is 109 Å². The highest BCUT2D eigenvalue weighted by Gasteiger charge is 2.33. The largest absolute Gasteiger partial charge is 0.504 e. The van der Waals surface area contributed by atoms with Crippen LogP contribution in [0.2, 0.25) is 0 Å². The molecular weight excluding hydrogens is 496 g/mol. The van der Waals surface area contributed by atoms with Crippen molar-refractivity contribution < 1.29 is 28.8 Å². The van der Waals surface area contributed by atoms with E-state index in [1.807, 2.05) is 6.92 Å². The van der Waals surface area contributed by atoms with E-state index in [0.717, 1.165) is 0 Å². The Hall–Kier alpha value is -4.05. The van der Waals surface area contributed by atoms with Gasteiger partial charge in [-0.25, -0.2) is 9.79 Å². The molecule has 10 heteroatoms. The first-order chi connectivity index (χ1) is 17.8. The average Bonchev–Trinajstić information content (AvgIpc) is 3.19. The first-order valence-corrected chi connectivity index (χ1v) is 12.5. The van der Waals surface area contributed by atoms with E-state index in [9.17, 15) is 14.7 Å². The Labute approximate surface area is 217 Å². The highest BCUT2D eigenvalue weighted by Crippen LogP contribution is 2.36. The van der Waals surface area contributed by atoms with E-state index < -0.39 is 12.0 Å². The molecule has 1 N–H and O–H groups in total. The van der Waals surface area contributed by atoms with Gasteiger partial charge in [-0.05, 0) is 62.2 Å². The van der Waals surface area contributed by atoms with Gasteiger partial charge in [0.25, 0.3) is 5.56 Å². The molecule has 0 fully saturated rings. The van der Waals surface area contributed by atoms with Crippen molar-refractivity contribution in [3.8, 4) is 23.0 Å². The number of ether oxygens (including phenoxy) is 4. The number of esters is 1. The number of hydrogen-bond acceptors (Lipinski definition) is 9. The van der Waals surface area contributed by atoms with Gasteiger partial charge in [0, 0.05) is 0 Å². The van der Waals surface area contributed by atoms with Crippen molar-refractivity contribution in [3.63, 3.8) is 0 Å². The molecule has 3 aromatic rings. The molecule has 0 aliphatic carbocycles. The predicted octanol–water partition coefficient (Wildman–Crippen LogP) is 2.92. The van der Waals surface area contributed by atoms with Gasteiger partial charge in [-0.2, -0.15) is 0 Å². The van der Waals surface area contributed by atoms with Crippen molar-refractivity contribution in [3.05, 3.63) is 78.5 Å². The lowest BCUT2D eigenvalue weighted by molar-refractivity contribution is -0.139. The SMILES string of the molecule is CCOC(=O)C1=C(C)N=c2sc(=Cc3ccc(O)c(OCC)c3)c(=O)n2[C@H]1c1ccc(OC)c(OC)c1. The van der Waals surface area contributed by atoms with Crippen LogP contribution in [-0.2, 0) is 9.53 Å². The number of carbonyl (C=O) groups excluding carboxylic acids is 1. The Morgan fingerprint density at radius 3 is 2.51 bits per heavy atom. The minimum Gasteiger partial charge on any atom is -0.504 e. The number of rotatable bonds is 8. The first kappa shape index (κ1) is 26.0. The molecule has 194 valence electrons. The molecule has 0 saturated carbocycles. The maximum Gasteiger partial charge on any atom is 0.338 e. The van der Waals surface area contributed by atoms with Crippen LogP contribution >= 0.6 is 11.3 Å². The molecule has 2 aromatic carbocycles. The van der Waals surface area contributed by atoms with Crippen molar-refractivity contribution in [2.75, 3.05) is 27.4 Å². The van der Waals surface area contributed by atoms with Crippen molar-refractivity contribution in [1.82, 2.24) is 4.57 Å². The van der Waals surface area contributed by atoms with Crippen LogP contribution in [0.3, 0.4) is 0 Å². The van der Waals surface area contributed by atoms with E-state index in [4.69, 9.17) is 18.9 Å². The molecule has 0 saturated heterocycles. The number of allylic oxidation sites excluding steroid dienone is 1. The highest BCUT2D eigenvalue weighted by atomic mass is 32.1. The Kier molecular flexibility index (Phi) is 7.68. The third kappa shape index (κ3) is 4.97. The molecule has 9 nitrogen and oxygen atoms in total. The van der Waals surface area contributed by atoms with Crippen LogP contribution < -0.4 is 29.1 Å². The van der Waals surface area contributed by atoms with Crippen LogP contribution in [0.5, 0.6) is 23.0 Å². The minimum absolute atomic E-state index is 0.0172. The van der Waals surface area contributed by atoms with E-state index in [1.165, 1.54) is 36.2 Å². The number of fused-ring (bicyclic) bond motifs is 1. The summed E-state index contributed by atoms with van der Waals surface area (Å²) in [6.45, 7) is 5.85. The molecule has 0 amide bonds. The van der Waals surface area contributed by atoms with Gasteiger partial charge in [-0.15, -0.1) is 0 Å². The zero-order valence-corrected chi connectivity index (χ0v) is 22.0. The van der Waals surface area contributed by atoms with Gasteiger partial charge >= 0.3 is 5.97 Å². The predicted molar refractivity (Wildman–Crippen MR) is 139 cm³/mol. The summed E-state index contributed by atoms with van der Waals surface area (Å²) in [5.74, 6) is 0.788. The van der Waals surface area contributed by atoms with Crippen molar-refractivity contribution >= 4 is 23.4 Å². The fourth-order valence-electron chi connectivity index (χ4n) is 4.17. The number of aromatic hydroxyl groups is 1. The third-order valence-corrected chi connectivity index (χ3v) is 6.80. The Morgan fingerprint density at radius 2 is 1.84 bits per heavy atom. The van der Waals surface area contributed by atoms with Crippen LogP contribution in [0.15, 0.2) is 57.5 Å². The molecule has 0 spiro atoms. The number of phenols is 1. The van der Waals surface area contributed by atoms with Gasteiger partial charge in [0.1, 0.15) is 0 Å². The molecule has 0 radical (unpaired) electrons. The summed E-state index contributed by atoms with van der Waals surface area (Å²) in [7, 11) is 3.06. The van der Waals surface area contributed by atoms with Gasteiger partial charge in [0.2, 0.25) is 0 Å². The number of benzene rings is 2. The molecule has 0 unspecified atom stereocenters. The van der Waals surface area contributed by atoms with E-state index in [-0.39, 0.29) is 23.5 Å². The molecule has 1 aliphatic heterocycles. The van der Waals surface area contributed by atoms with E-state index in [2.05, 4.69) is 4.99 Å². The van der Waals surface area contributed by atoms with Gasteiger partial charge in [-0.3, -0.25) is 9.36 Å². The van der Waals surface area contributed by atoms with E-state index >= 15 is 0 Å². The zero-order valence-electron chi connectivity index (χ0n) is 21.2. The second-order valence-corrected chi connectivity index (χ2v) is 9.09.